The van der Waals surface area contributed by atoms with Crippen LogP contribution in [0.2, 0.25) is 0 Å². The predicted octanol–water partition coefficient (Wildman–Crippen LogP) is 2.56. The minimum absolute atomic E-state index is 0.825. The summed E-state index contributed by atoms with van der Waals surface area (Å²) in [4.78, 5) is 0. The zero-order valence-electron chi connectivity index (χ0n) is 8.34. The van der Waals surface area contributed by atoms with Crippen LogP contribution in [0.25, 0.3) is 0 Å². The average Bonchev–Trinajstić information content (AvgIpc) is 2.80. The van der Waals surface area contributed by atoms with Crippen molar-refractivity contribution in [2.24, 2.45) is 11.8 Å². The van der Waals surface area contributed by atoms with Crippen molar-refractivity contribution in [3.8, 4) is 0 Å². The molecule has 2 atom stereocenters. The second-order valence-electron chi connectivity index (χ2n) is 4.85. The summed E-state index contributed by atoms with van der Waals surface area (Å²) in [5, 5.41) is 3.79. The van der Waals surface area contributed by atoms with Gasteiger partial charge < -0.3 is 5.32 Å². The molecule has 0 aliphatic heterocycles. The van der Waals surface area contributed by atoms with Gasteiger partial charge in [0.1, 0.15) is 0 Å². The minimum atomic E-state index is 0.825. The van der Waals surface area contributed by atoms with Gasteiger partial charge in [0, 0.05) is 12.1 Å². The fraction of sp³-hybridized carbons (Fsp3) is 1.00. The van der Waals surface area contributed by atoms with Gasteiger partial charge in [0.2, 0.25) is 0 Å². The topological polar surface area (TPSA) is 12.0 Å². The Hall–Kier alpha value is -0.0400. The first-order valence-electron chi connectivity index (χ1n) is 5.53. The highest BCUT2D eigenvalue weighted by Crippen LogP contribution is 2.31. The highest BCUT2D eigenvalue weighted by atomic mass is 15.0. The van der Waals surface area contributed by atoms with Gasteiger partial charge in [-0.15, -0.1) is 0 Å². The lowest BCUT2D eigenvalue weighted by Gasteiger charge is -2.35. The van der Waals surface area contributed by atoms with E-state index in [1.165, 1.54) is 32.1 Å². The summed E-state index contributed by atoms with van der Waals surface area (Å²) in [5.41, 5.74) is 0. The van der Waals surface area contributed by atoms with Crippen LogP contribution in [0.5, 0.6) is 0 Å². The summed E-state index contributed by atoms with van der Waals surface area (Å²) in [7, 11) is 0. The maximum atomic E-state index is 3.79. The SMILES string of the molecule is C[C@@H]1CCC[C@@H](C)C1NC1CC1. The molecule has 0 heterocycles. The molecule has 0 aromatic heterocycles. The third-order valence-corrected chi connectivity index (χ3v) is 3.55. The predicted molar refractivity (Wildman–Crippen MR) is 52.1 cm³/mol. The highest BCUT2D eigenvalue weighted by Gasteiger charge is 2.32. The first kappa shape index (κ1) is 8.55. The molecule has 0 spiro atoms. The van der Waals surface area contributed by atoms with E-state index in [0.717, 1.165) is 23.9 Å². The van der Waals surface area contributed by atoms with Gasteiger partial charge in [-0.1, -0.05) is 20.3 Å². The molecule has 0 unspecified atom stereocenters. The Morgan fingerprint density at radius 3 is 2.00 bits per heavy atom. The number of nitrogens with one attached hydrogen (secondary N) is 1. The van der Waals surface area contributed by atoms with Gasteiger partial charge in [0.25, 0.3) is 0 Å². The number of hydrogen-bond donors (Lipinski definition) is 1. The zero-order chi connectivity index (χ0) is 8.55. The van der Waals surface area contributed by atoms with E-state index >= 15 is 0 Å². The van der Waals surface area contributed by atoms with Gasteiger partial charge in [0.15, 0.2) is 0 Å². The summed E-state index contributed by atoms with van der Waals surface area (Å²) in [5.74, 6) is 1.82. The van der Waals surface area contributed by atoms with Gasteiger partial charge in [-0.2, -0.15) is 0 Å². The Balaban J connectivity index is 1.88. The van der Waals surface area contributed by atoms with Gasteiger partial charge in [0.05, 0.1) is 0 Å². The van der Waals surface area contributed by atoms with Crippen LogP contribution in [0.3, 0.4) is 0 Å². The molecule has 12 heavy (non-hydrogen) atoms. The lowest BCUT2D eigenvalue weighted by Crippen LogP contribution is -2.43. The van der Waals surface area contributed by atoms with E-state index in [-0.39, 0.29) is 0 Å². The monoisotopic (exact) mass is 167 g/mol. The third-order valence-electron chi connectivity index (χ3n) is 3.55. The van der Waals surface area contributed by atoms with Crippen molar-refractivity contribution < 1.29 is 0 Å². The maximum absolute atomic E-state index is 3.79. The fourth-order valence-corrected chi connectivity index (χ4v) is 2.53. The van der Waals surface area contributed by atoms with Gasteiger partial charge in [-0.3, -0.25) is 0 Å². The summed E-state index contributed by atoms with van der Waals surface area (Å²) >= 11 is 0. The minimum Gasteiger partial charge on any atom is -0.311 e. The van der Waals surface area contributed by atoms with Crippen molar-refractivity contribution in [1.82, 2.24) is 5.32 Å². The largest absolute Gasteiger partial charge is 0.311 e. The lowest BCUT2D eigenvalue weighted by atomic mass is 9.79. The van der Waals surface area contributed by atoms with Crippen LogP contribution in [0.15, 0.2) is 0 Å². The van der Waals surface area contributed by atoms with E-state index in [2.05, 4.69) is 19.2 Å². The normalized spacial score (nSPS) is 38.5. The van der Waals surface area contributed by atoms with Crippen molar-refractivity contribution >= 4 is 0 Å². The molecular formula is C11H21N. The molecule has 70 valence electrons. The van der Waals surface area contributed by atoms with Crippen LogP contribution in [0.4, 0.5) is 0 Å². The van der Waals surface area contributed by atoms with Crippen molar-refractivity contribution in [1.29, 1.82) is 0 Å². The molecule has 2 rings (SSSR count). The van der Waals surface area contributed by atoms with Crippen LogP contribution < -0.4 is 5.32 Å². The molecule has 0 aromatic carbocycles. The smallest absolute Gasteiger partial charge is 0.0121 e. The van der Waals surface area contributed by atoms with Crippen molar-refractivity contribution in [3.63, 3.8) is 0 Å². The van der Waals surface area contributed by atoms with E-state index in [1.54, 1.807) is 0 Å². The molecule has 1 nitrogen and oxygen atoms in total. The third kappa shape index (κ3) is 1.82. The second kappa shape index (κ2) is 3.37. The number of rotatable bonds is 2. The Bertz CT molecular complexity index is 141. The molecule has 1 N–H and O–H groups in total. The van der Waals surface area contributed by atoms with Gasteiger partial charge in [-0.25, -0.2) is 0 Å². The van der Waals surface area contributed by atoms with Crippen LogP contribution in [-0.4, -0.2) is 12.1 Å². The molecule has 0 saturated heterocycles. The van der Waals surface area contributed by atoms with E-state index in [4.69, 9.17) is 0 Å². The van der Waals surface area contributed by atoms with Crippen LogP contribution in [0, 0.1) is 11.8 Å². The molecule has 2 fully saturated rings. The summed E-state index contributed by atoms with van der Waals surface area (Å²) in [6, 6.07) is 1.71. The van der Waals surface area contributed by atoms with E-state index in [0.29, 0.717) is 0 Å². The zero-order valence-corrected chi connectivity index (χ0v) is 8.34. The Morgan fingerprint density at radius 2 is 1.50 bits per heavy atom. The molecule has 0 radical (unpaired) electrons. The van der Waals surface area contributed by atoms with Crippen LogP contribution >= 0.6 is 0 Å². The first-order valence-corrected chi connectivity index (χ1v) is 5.53. The average molecular weight is 167 g/mol. The Morgan fingerprint density at radius 1 is 0.917 bits per heavy atom. The molecule has 0 aromatic rings. The van der Waals surface area contributed by atoms with E-state index < -0.39 is 0 Å². The fourth-order valence-electron chi connectivity index (χ4n) is 2.53. The summed E-state index contributed by atoms with van der Waals surface area (Å²) in [6.07, 6.45) is 7.18. The molecule has 1 heteroatoms. The summed E-state index contributed by atoms with van der Waals surface area (Å²) < 4.78 is 0. The molecule has 2 aliphatic carbocycles. The Labute approximate surface area is 75.9 Å². The molecule has 0 amide bonds. The van der Waals surface area contributed by atoms with Gasteiger partial charge in [-0.05, 0) is 37.5 Å². The quantitative estimate of drug-likeness (QED) is 0.666. The second-order valence-corrected chi connectivity index (χ2v) is 4.85. The van der Waals surface area contributed by atoms with Crippen molar-refractivity contribution in [2.45, 2.75) is 58.0 Å². The number of hydrogen-bond acceptors (Lipinski definition) is 1. The molecular weight excluding hydrogens is 146 g/mol. The van der Waals surface area contributed by atoms with E-state index in [9.17, 15) is 0 Å². The molecule has 2 aliphatic rings. The summed E-state index contributed by atoms with van der Waals surface area (Å²) in [6.45, 7) is 4.82. The lowest BCUT2D eigenvalue weighted by molar-refractivity contribution is 0.207. The highest BCUT2D eigenvalue weighted by molar-refractivity contribution is 4.90. The molecule has 2 saturated carbocycles. The maximum Gasteiger partial charge on any atom is 0.0121 e. The van der Waals surface area contributed by atoms with Crippen LogP contribution in [0.1, 0.15) is 46.0 Å². The van der Waals surface area contributed by atoms with E-state index in [1.807, 2.05) is 0 Å². The molecule has 0 bridgehead atoms. The van der Waals surface area contributed by atoms with Gasteiger partial charge >= 0.3 is 0 Å². The first-order chi connectivity index (χ1) is 5.77. The van der Waals surface area contributed by atoms with Crippen molar-refractivity contribution in [3.05, 3.63) is 0 Å². The van der Waals surface area contributed by atoms with Crippen molar-refractivity contribution in [2.75, 3.05) is 0 Å². The standard InChI is InChI=1S/C11H21N/c1-8-4-3-5-9(2)11(8)12-10-6-7-10/h8-12H,3-7H2,1-2H3/t8-,9-/m1/s1. The van der Waals surface area contributed by atoms with Crippen LogP contribution in [-0.2, 0) is 0 Å². The Kier molecular flexibility index (Phi) is 2.40.